The maximum absolute atomic E-state index is 5.16. The number of rotatable bonds is 5. The fourth-order valence-corrected chi connectivity index (χ4v) is 0.934. The average molecular weight is 177 g/mol. The lowest BCUT2D eigenvalue weighted by Crippen LogP contribution is -1.89. The average Bonchev–Trinajstić information content (AvgIpc) is 2.19. The van der Waals surface area contributed by atoms with Gasteiger partial charge in [-0.15, -0.1) is 6.58 Å². The van der Waals surface area contributed by atoms with E-state index in [-0.39, 0.29) is 0 Å². The Morgan fingerprint density at radius 2 is 2.00 bits per heavy atom. The van der Waals surface area contributed by atoms with E-state index in [1.807, 2.05) is 24.3 Å². The first-order chi connectivity index (χ1) is 6.36. The van der Waals surface area contributed by atoms with Gasteiger partial charge in [0.15, 0.2) is 0 Å². The van der Waals surface area contributed by atoms with E-state index in [4.69, 9.17) is 9.47 Å². The molecular formula is C11H13O2. The van der Waals surface area contributed by atoms with Crippen molar-refractivity contribution in [2.45, 2.75) is 6.61 Å². The summed E-state index contributed by atoms with van der Waals surface area (Å²) in [5.41, 5.74) is 1.11. The molecule has 0 aromatic heterocycles. The number of ether oxygens (including phenoxy) is 2. The molecule has 2 nitrogen and oxygen atoms in total. The second-order valence-corrected chi connectivity index (χ2v) is 2.53. The molecule has 0 N–H and O–H groups in total. The molecule has 0 aliphatic carbocycles. The van der Waals surface area contributed by atoms with Gasteiger partial charge in [0.05, 0.1) is 13.7 Å². The lowest BCUT2D eigenvalue weighted by molar-refractivity contribution is 0.202. The fourth-order valence-electron chi connectivity index (χ4n) is 0.934. The second-order valence-electron chi connectivity index (χ2n) is 2.53. The van der Waals surface area contributed by atoms with Gasteiger partial charge in [-0.1, -0.05) is 18.2 Å². The lowest BCUT2D eigenvalue weighted by atomic mass is 10.2. The first kappa shape index (κ1) is 9.81. The van der Waals surface area contributed by atoms with Crippen molar-refractivity contribution < 1.29 is 9.47 Å². The van der Waals surface area contributed by atoms with E-state index < -0.39 is 0 Å². The maximum Gasteiger partial charge on any atom is 0.118 e. The predicted molar refractivity (Wildman–Crippen MR) is 52.3 cm³/mol. The van der Waals surface area contributed by atoms with E-state index in [9.17, 15) is 0 Å². The molecule has 1 aromatic rings. The third kappa shape index (κ3) is 3.30. The largest absolute Gasteiger partial charge is 0.497 e. The molecule has 0 aliphatic heterocycles. The normalized spacial score (nSPS) is 9.62. The van der Waals surface area contributed by atoms with Crippen LogP contribution in [0.4, 0.5) is 0 Å². The van der Waals surface area contributed by atoms with Gasteiger partial charge in [-0.25, -0.2) is 0 Å². The molecule has 1 rings (SSSR count). The Balaban J connectivity index is 2.44. The highest BCUT2D eigenvalue weighted by Gasteiger charge is 1.93. The molecule has 0 bridgehead atoms. The molecular weight excluding hydrogens is 164 g/mol. The van der Waals surface area contributed by atoms with Crippen LogP contribution in [0.1, 0.15) is 5.56 Å². The van der Waals surface area contributed by atoms with Crippen molar-refractivity contribution in [1.82, 2.24) is 0 Å². The molecule has 2 heteroatoms. The molecule has 13 heavy (non-hydrogen) atoms. The van der Waals surface area contributed by atoms with Gasteiger partial charge in [0.25, 0.3) is 0 Å². The minimum atomic E-state index is 0.565. The smallest absolute Gasteiger partial charge is 0.118 e. The van der Waals surface area contributed by atoms with Crippen molar-refractivity contribution in [2.75, 3.05) is 7.11 Å². The summed E-state index contributed by atoms with van der Waals surface area (Å²) in [6, 6.07) is 7.75. The summed E-state index contributed by atoms with van der Waals surface area (Å²) >= 11 is 0. The summed E-state index contributed by atoms with van der Waals surface area (Å²) in [4.78, 5) is 0. The van der Waals surface area contributed by atoms with Crippen LogP contribution in [0.3, 0.4) is 0 Å². The summed E-state index contributed by atoms with van der Waals surface area (Å²) in [5.74, 6) is 0.858. The highest BCUT2D eigenvalue weighted by molar-refractivity contribution is 5.26. The van der Waals surface area contributed by atoms with Gasteiger partial charge < -0.3 is 9.47 Å². The van der Waals surface area contributed by atoms with Crippen molar-refractivity contribution in [3.8, 4) is 5.75 Å². The van der Waals surface area contributed by atoms with E-state index in [0.717, 1.165) is 11.3 Å². The molecule has 0 saturated heterocycles. The van der Waals surface area contributed by atoms with Crippen molar-refractivity contribution in [2.24, 2.45) is 0 Å². The molecule has 1 aromatic carbocycles. The Morgan fingerprint density at radius 1 is 1.31 bits per heavy atom. The second kappa shape index (κ2) is 5.38. The van der Waals surface area contributed by atoms with Crippen molar-refractivity contribution >= 4 is 0 Å². The summed E-state index contributed by atoms with van der Waals surface area (Å²) in [6.45, 7) is 5.66. The first-order valence-electron chi connectivity index (χ1n) is 4.05. The predicted octanol–water partition coefficient (Wildman–Crippen LogP) is 2.56. The lowest BCUT2D eigenvalue weighted by Gasteiger charge is -2.02. The minimum Gasteiger partial charge on any atom is -0.497 e. The monoisotopic (exact) mass is 177 g/mol. The SMILES string of the molecule is C=C[CH]OCc1ccc(OC)cc1. The van der Waals surface area contributed by atoms with E-state index in [1.54, 1.807) is 19.8 Å². The zero-order valence-electron chi connectivity index (χ0n) is 7.69. The molecule has 0 saturated carbocycles. The summed E-state index contributed by atoms with van der Waals surface area (Å²) in [7, 11) is 1.65. The molecule has 0 heterocycles. The van der Waals surface area contributed by atoms with Crippen molar-refractivity contribution in [3.63, 3.8) is 0 Å². The molecule has 0 aliphatic rings. The molecule has 0 amide bonds. The van der Waals surface area contributed by atoms with Crippen LogP contribution in [0.5, 0.6) is 5.75 Å². The molecule has 0 atom stereocenters. The number of hydrogen-bond donors (Lipinski definition) is 0. The summed E-state index contributed by atoms with van der Waals surface area (Å²) in [6.07, 6.45) is 1.61. The van der Waals surface area contributed by atoms with Gasteiger partial charge in [0.1, 0.15) is 12.4 Å². The Morgan fingerprint density at radius 3 is 2.54 bits per heavy atom. The van der Waals surface area contributed by atoms with Crippen LogP contribution in [0.15, 0.2) is 36.9 Å². The Kier molecular flexibility index (Phi) is 4.06. The highest BCUT2D eigenvalue weighted by atomic mass is 16.5. The molecule has 69 valence electrons. The van der Waals surface area contributed by atoms with Gasteiger partial charge >= 0.3 is 0 Å². The third-order valence-electron chi connectivity index (χ3n) is 1.60. The zero-order chi connectivity index (χ0) is 9.52. The first-order valence-corrected chi connectivity index (χ1v) is 4.05. The third-order valence-corrected chi connectivity index (χ3v) is 1.60. The van der Waals surface area contributed by atoms with Crippen LogP contribution < -0.4 is 4.74 Å². The van der Waals surface area contributed by atoms with Crippen molar-refractivity contribution in [3.05, 3.63) is 49.1 Å². The van der Waals surface area contributed by atoms with Gasteiger partial charge in [0, 0.05) is 0 Å². The van der Waals surface area contributed by atoms with Crippen molar-refractivity contribution in [1.29, 1.82) is 0 Å². The standard InChI is InChI=1S/C11H13O2/c1-3-8-13-9-10-4-6-11(12-2)7-5-10/h3-8H,1,9H2,2H3. The number of benzene rings is 1. The Hall–Kier alpha value is -1.28. The van der Waals surface area contributed by atoms with Gasteiger partial charge in [-0.05, 0) is 17.7 Å². The number of methoxy groups -OCH3 is 1. The fraction of sp³-hybridized carbons (Fsp3) is 0.182. The molecule has 1 radical (unpaired) electrons. The van der Waals surface area contributed by atoms with E-state index in [2.05, 4.69) is 6.58 Å². The maximum atomic E-state index is 5.16. The van der Waals surface area contributed by atoms with Crippen LogP contribution in [0.25, 0.3) is 0 Å². The Bertz CT molecular complexity index is 251. The highest BCUT2D eigenvalue weighted by Crippen LogP contribution is 2.11. The topological polar surface area (TPSA) is 18.5 Å². The van der Waals surface area contributed by atoms with E-state index >= 15 is 0 Å². The quantitative estimate of drug-likeness (QED) is 0.643. The van der Waals surface area contributed by atoms with Gasteiger partial charge in [-0.3, -0.25) is 0 Å². The van der Waals surface area contributed by atoms with Crippen LogP contribution in [-0.4, -0.2) is 7.11 Å². The van der Waals surface area contributed by atoms with Crippen LogP contribution in [0, 0.1) is 6.61 Å². The minimum absolute atomic E-state index is 0.565. The van der Waals surface area contributed by atoms with Gasteiger partial charge in [0.2, 0.25) is 0 Å². The van der Waals surface area contributed by atoms with Crippen LogP contribution in [0.2, 0.25) is 0 Å². The summed E-state index contributed by atoms with van der Waals surface area (Å²) in [5, 5.41) is 0. The molecule has 0 fully saturated rings. The van der Waals surface area contributed by atoms with E-state index in [1.165, 1.54) is 0 Å². The summed E-state index contributed by atoms with van der Waals surface area (Å²) < 4.78 is 10.2. The van der Waals surface area contributed by atoms with Crippen LogP contribution >= 0.6 is 0 Å². The Labute approximate surface area is 78.8 Å². The van der Waals surface area contributed by atoms with Gasteiger partial charge in [-0.2, -0.15) is 0 Å². The number of hydrogen-bond acceptors (Lipinski definition) is 2. The van der Waals surface area contributed by atoms with Crippen LogP contribution in [-0.2, 0) is 11.3 Å². The van der Waals surface area contributed by atoms with E-state index in [0.29, 0.717) is 6.61 Å². The molecule has 0 unspecified atom stereocenters. The molecule has 0 spiro atoms. The zero-order valence-corrected chi connectivity index (χ0v) is 7.69.